The van der Waals surface area contributed by atoms with Crippen LogP contribution in [-0.4, -0.2) is 71.3 Å². The van der Waals surface area contributed by atoms with Crippen LogP contribution in [-0.2, 0) is 9.53 Å². The van der Waals surface area contributed by atoms with Crippen molar-refractivity contribution in [2.75, 3.05) is 31.6 Å². The second kappa shape index (κ2) is 12.6. The molecular weight excluding hydrogens is 603 g/mol. The van der Waals surface area contributed by atoms with Gasteiger partial charge in [-0.15, -0.1) is 0 Å². The number of H-pyrrole nitrogens is 1. The second-order valence-electron chi connectivity index (χ2n) is 11.0. The monoisotopic (exact) mass is 633 g/mol. The van der Waals surface area contributed by atoms with E-state index in [1.54, 1.807) is 66.4 Å². The van der Waals surface area contributed by atoms with Gasteiger partial charge in [0.05, 0.1) is 24.2 Å². The first-order valence-corrected chi connectivity index (χ1v) is 14.6. The minimum atomic E-state index is -4.72. The van der Waals surface area contributed by atoms with Crippen LogP contribution in [0.1, 0.15) is 30.0 Å². The molecule has 1 aromatic heterocycles. The van der Waals surface area contributed by atoms with E-state index in [2.05, 4.69) is 9.98 Å². The highest BCUT2D eigenvalue weighted by Gasteiger charge is 2.41. The summed E-state index contributed by atoms with van der Waals surface area (Å²) in [7, 11) is 1.56. The van der Waals surface area contributed by atoms with E-state index in [4.69, 9.17) is 9.47 Å². The molecule has 3 aromatic carbocycles. The molecule has 2 amide bonds. The third-order valence-corrected chi connectivity index (χ3v) is 8.01. The topological polar surface area (TPSA) is 109 Å². The van der Waals surface area contributed by atoms with E-state index in [1.165, 1.54) is 17.0 Å². The maximum absolute atomic E-state index is 13.7. The van der Waals surface area contributed by atoms with E-state index in [0.717, 1.165) is 5.56 Å². The first-order valence-electron chi connectivity index (χ1n) is 14.6. The summed E-state index contributed by atoms with van der Waals surface area (Å²) in [5.41, 5.74) is 2.19. The minimum Gasteiger partial charge on any atom is -0.497 e. The number of carbonyl (C=O) groups excluding carboxylic acids is 2. The third-order valence-electron chi connectivity index (χ3n) is 8.01. The molecule has 0 bridgehead atoms. The van der Waals surface area contributed by atoms with Crippen LogP contribution < -0.4 is 15.3 Å². The minimum absolute atomic E-state index is 0.0112. The lowest BCUT2D eigenvalue weighted by Gasteiger charge is -2.32. The van der Waals surface area contributed by atoms with E-state index >= 15 is 0 Å². The molecule has 1 fully saturated rings. The number of amides is 2. The number of nitrogens with one attached hydrogen (secondary N) is 1. The van der Waals surface area contributed by atoms with Gasteiger partial charge in [-0.05, 0) is 31.0 Å². The number of para-hydroxylation sites is 1. The SMILES string of the molecule is COc1cccc(-c2cn(C3CCN(C(=O)OC4N=C(c5ccccc5)c5ccccc5N(CC(F)(F)F)C4=O)CC3)c(=O)[nH]2)c1. The number of hydrogen-bond acceptors (Lipinski definition) is 6. The Labute approximate surface area is 261 Å². The average Bonchev–Trinajstić information content (AvgIpc) is 3.42. The fourth-order valence-corrected chi connectivity index (χ4v) is 5.76. The van der Waals surface area contributed by atoms with Gasteiger partial charge in [-0.25, -0.2) is 14.6 Å². The number of anilines is 1. The Kier molecular flexibility index (Phi) is 8.39. The van der Waals surface area contributed by atoms with Crippen molar-refractivity contribution >= 4 is 23.4 Å². The highest BCUT2D eigenvalue weighted by atomic mass is 19.4. The molecule has 1 N–H and O–H groups in total. The van der Waals surface area contributed by atoms with Crippen molar-refractivity contribution in [3.05, 3.63) is 107 Å². The Morgan fingerprint density at radius 3 is 2.37 bits per heavy atom. The Hall–Kier alpha value is -5.33. The average molecular weight is 634 g/mol. The van der Waals surface area contributed by atoms with Gasteiger partial charge in [0.15, 0.2) is 0 Å². The normalized spacial score (nSPS) is 17.3. The zero-order valence-corrected chi connectivity index (χ0v) is 24.7. The number of imidazole rings is 1. The zero-order chi connectivity index (χ0) is 32.4. The highest BCUT2D eigenvalue weighted by molar-refractivity contribution is 6.20. The van der Waals surface area contributed by atoms with Crippen LogP contribution in [0.25, 0.3) is 11.3 Å². The quantitative estimate of drug-likeness (QED) is 0.306. The predicted molar refractivity (Wildman–Crippen MR) is 164 cm³/mol. The fraction of sp³-hybridized carbons (Fsp3) is 0.273. The van der Waals surface area contributed by atoms with Crippen LogP contribution in [0.15, 0.2) is 94.8 Å². The third kappa shape index (κ3) is 6.39. The molecule has 1 atom stereocenters. The molecule has 4 aromatic rings. The summed E-state index contributed by atoms with van der Waals surface area (Å²) in [6, 6.07) is 21.9. The predicted octanol–water partition coefficient (Wildman–Crippen LogP) is 5.40. The number of piperidine rings is 1. The van der Waals surface area contributed by atoms with Gasteiger partial charge in [-0.3, -0.25) is 14.3 Å². The molecule has 10 nitrogen and oxygen atoms in total. The number of hydrogen-bond donors (Lipinski definition) is 1. The van der Waals surface area contributed by atoms with Gasteiger partial charge in [0.1, 0.15) is 12.3 Å². The van der Waals surface area contributed by atoms with Crippen LogP contribution >= 0.6 is 0 Å². The summed E-state index contributed by atoms with van der Waals surface area (Å²) in [5.74, 6) is -0.460. The second-order valence-corrected chi connectivity index (χ2v) is 11.0. The first kappa shape index (κ1) is 30.7. The lowest BCUT2D eigenvalue weighted by Crippen LogP contribution is -2.47. The number of aliphatic imine (C=N–C) groups is 1. The van der Waals surface area contributed by atoms with Gasteiger partial charge in [-0.2, -0.15) is 13.2 Å². The van der Waals surface area contributed by atoms with E-state index in [1.807, 2.05) is 18.2 Å². The van der Waals surface area contributed by atoms with Crippen LogP contribution in [0.4, 0.5) is 23.7 Å². The molecule has 1 saturated heterocycles. The summed E-state index contributed by atoms with van der Waals surface area (Å²) in [6.07, 6.45) is -4.91. The van der Waals surface area contributed by atoms with Crippen molar-refractivity contribution in [3.63, 3.8) is 0 Å². The number of methoxy groups -OCH3 is 1. The summed E-state index contributed by atoms with van der Waals surface area (Å²) in [6.45, 7) is -1.19. The summed E-state index contributed by atoms with van der Waals surface area (Å²) < 4.78 is 53.5. The van der Waals surface area contributed by atoms with Gasteiger partial charge >= 0.3 is 18.0 Å². The van der Waals surface area contributed by atoms with E-state index in [0.29, 0.717) is 40.3 Å². The molecular formula is C33H30F3N5O5. The number of halogens is 3. The summed E-state index contributed by atoms with van der Waals surface area (Å²) in [5, 5.41) is 0. The van der Waals surface area contributed by atoms with E-state index in [9.17, 15) is 27.6 Å². The number of aromatic nitrogens is 2. The number of benzene rings is 3. The molecule has 0 aliphatic carbocycles. The maximum Gasteiger partial charge on any atom is 0.412 e. The van der Waals surface area contributed by atoms with Crippen molar-refractivity contribution < 1.29 is 32.2 Å². The Morgan fingerprint density at radius 2 is 1.65 bits per heavy atom. The molecule has 13 heteroatoms. The number of aromatic amines is 1. The number of carbonyl (C=O) groups is 2. The number of alkyl halides is 3. The Balaban J connectivity index is 1.21. The first-order chi connectivity index (χ1) is 22.1. The Morgan fingerprint density at radius 1 is 0.957 bits per heavy atom. The molecule has 238 valence electrons. The van der Waals surface area contributed by atoms with E-state index in [-0.39, 0.29) is 36.2 Å². The van der Waals surface area contributed by atoms with Gasteiger partial charge in [-0.1, -0.05) is 60.7 Å². The number of rotatable bonds is 6. The number of benzodiazepines with no additional fused rings is 1. The van der Waals surface area contributed by atoms with Crippen molar-refractivity contribution in [1.29, 1.82) is 0 Å². The van der Waals surface area contributed by atoms with Crippen molar-refractivity contribution in [2.24, 2.45) is 4.99 Å². The molecule has 46 heavy (non-hydrogen) atoms. The lowest BCUT2D eigenvalue weighted by atomic mass is 10.0. The standard InChI is InChI=1S/C33H30F3N5O5/c1-45-24-11-7-10-22(18-24)26-19-40(31(43)37-26)23-14-16-39(17-15-23)32(44)46-29-30(42)41(20-33(34,35)36)27-13-6-5-12-25(27)28(38-29)21-8-3-2-4-9-21/h2-13,18-19,23,29H,14-17,20H2,1H3,(H,37,43). The molecule has 0 radical (unpaired) electrons. The lowest BCUT2D eigenvalue weighted by molar-refractivity contribution is -0.137. The molecule has 3 heterocycles. The summed E-state index contributed by atoms with van der Waals surface area (Å²) >= 11 is 0. The van der Waals surface area contributed by atoms with Gasteiger partial charge in [0, 0.05) is 42.0 Å². The largest absolute Gasteiger partial charge is 0.497 e. The van der Waals surface area contributed by atoms with E-state index < -0.39 is 30.9 Å². The number of fused-ring (bicyclic) bond motifs is 1. The van der Waals surface area contributed by atoms with Crippen molar-refractivity contribution in [2.45, 2.75) is 31.3 Å². The van der Waals surface area contributed by atoms with Gasteiger partial charge in [0.2, 0.25) is 0 Å². The molecule has 0 saturated carbocycles. The van der Waals surface area contributed by atoms with Gasteiger partial charge < -0.3 is 19.4 Å². The van der Waals surface area contributed by atoms with Crippen LogP contribution in [0.5, 0.6) is 5.75 Å². The maximum atomic E-state index is 13.7. The van der Waals surface area contributed by atoms with Crippen LogP contribution in [0.3, 0.4) is 0 Å². The highest BCUT2D eigenvalue weighted by Crippen LogP contribution is 2.32. The zero-order valence-electron chi connectivity index (χ0n) is 24.7. The molecule has 6 rings (SSSR count). The number of ether oxygens (including phenoxy) is 2. The fourth-order valence-electron chi connectivity index (χ4n) is 5.76. The molecule has 0 spiro atoms. The molecule has 1 unspecified atom stereocenters. The smallest absolute Gasteiger partial charge is 0.412 e. The van der Waals surface area contributed by atoms with Crippen LogP contribution in [0.2, 0.25) is 0 Å². The molecule has 2 aliphatic rings. The molecule has 2 aliphatic heterocycles. The summed E-state index contributed by atoms with van der Waals surface area (Å²) in [4.78, 5) is 49.0. The van der Waals surface area contributed by atoms with Crippen LogP contribution in [0, 0.1) is 0 Å². The van der Waals surface area contributed by atoms with Crippen molar-refractivity contribution in [1.82, 2.24) is 14.5 Å². The number of nitrogens with zero attached hydrogens (tertiary/aromatic N) is 4. The number of likely N-dealkylation sites (tertiary alicyclic amines) is 1. The van der Waals surface area contributed by atoms with Crippen molar-refractivity contribution in [3.8, 4) is 17.0 Å². The van der Waals surface area contributed by atoms with Gasteiger partial charge in [0.25, 0.3) is 12.1 Å². The Bertz CT molecular complexity index is 1830.